The first-order chi connectivity index (χ1) is 18.2. The van der Waals surface area contributed by atoms with Crippen LogP contribution in [0.3, 0.4) is 0 Å². The molecule has 0 unspecified atom stereocenters. The average molecular weight is 564 g/mol. The molecule has 0 aromatic heterocycles. The first kappa shape index (κ1) is 29.1. The zero-order chi connectivity index (χ0) is 28.8. The number of sulfone groups is 1. The Morgan fingerprint density at radius 2 is 1.49 bits per heavy atom. The summed E-state index contributed by atoms with van der Waals surface area (Å²) in [5.74, 6) is -4.21. The fourth-order valence-electron chi connectivity index (χ4n) is 3.22. The number of anilines is 2. The van der Waals surface area contributed by atoms with Crippen LogP contribution >= 0.6 is 0 Å². The van der Waals surface area contributed by atoms with Crippen molar-refractivity contribution in [2.45, 2.75) is 17.6 Å². The fraction of sp³-hybridized carbons (Fsp3) is 0.200. The molecule has 0 bridgehead atoms. The first-order valence-electron chi connectivity index (χ1n) is 11.2. The van der Waals surface area contributed by atoms with E-state index in [1.165, 1.54) is 30.3 Å². The second-order valence-corrected chi connectivity index (χ2v) is 10.4. The minimum Gasteiger partial charge on any atom is -0.478 e. The van der Waals surface area contributed by atoms with Crippen LogP contribution < -0.4 is 15.5 Å². The Hall–Kier alpha value is -4.46. The SMILES string of the molecule is CN(C)c1ccc(/N=N/c2ccc(S(=O)(=O)CNc3cc(CNC(=O)C(F)(F)F)cc(C(=O)O)c3)cc2)cc1. The van der Waals surface area contributed by atoms with Crippen molar-refractivity contribution in [1.82, 2.24) is 5.32 Å². The quantitative estimate of drug-likeness (QED) is 0.298. The lowest BCUT2D eigenvalue weighted by atomic mass is 10.1. The van der Waals surface area contributed by atoms with Crippen LogP contribution in [0, 0.1) is 0 Å². The zero-order valence-corrected chi connectivity index (χ0v) is 21.5. The van der Waals surface area contributed by atoms with Gasteiger partial charge in [0.25, 0.3) is 0 Å². The van der Waals surface area contributed by atoms with E-state index in [0.29, 0.717) is 11.4 Å². The molecule has 3 aromatic carbocycles. The molecule has 0 aliphatic heterocycles. The number of alkyl halides is 3. The number of carboxylic acids is 1. The number of rotatable bonds is 10. The van der Waals surface area contributed by atoms with Crippen LogP contribution in [0.5, 0.6) is 0 Å². The number of carbonyl (C=O) groups excluding carboxylic acids is 1. The topological polar surface area (TPSA) is 141 Å². The number of halogens is 3. The van der Waals surface area contributed by atoms with Crippen molar-refractivity contribution in [2.24, 2.45) is 10.2 Å². The Labute approximate surface area is 222 Å². The lowest BCUT2D eigenvalue weighted by Gasteiger charge is -2.12. The molecule has 0 aliphatic carbocycles. The summed E-state index contributed by atoms with van der Waals surface area (Å²) in [4.78, 5) is 24.4. The van der Waals surface area contributed by atoms with E-state index in [-0.39, 0.29) is 21.7 Å². The third-order valence-electron chi connectivity index (χ3n) is 5.26. The molecule has 0 radical (unpaired) electrons. The summed E-state index contributed by atoms with van der Waals surface area (Å²) in [5.41, 5.74) is 1.77. The van der Waals surface area contributed by atoms with E-state index in [0.717, 1.165) is 17.8 Å². The van der Waals surface area contributed by atoms with Gasteiger partial charge in [0.05, 0.1) is 21.8 Å². The maximum absolute atomic E-state index is 12.8. The molecular formula is C25H24F3N5O5S. The van der Waals surface area contributed by atoms with Crippen LogP contribution in [0.25, 0.3) is 0 Å². The highest BCUT2D eigenvalue weighted by atomic mass is 32.2. The number of nitrogens with zero attached hydrogens (tertiary/aromatic N) is 3. The van der Waals surface area contributed by atoms with Gasteiger partial charge in [0.2, 0.25) is 0 Å². The van der Waals surface area contributed by atoms with E-state index in [1.54, 1.807) is 17.4 Å². The van der Waals surface area contributed by atoms with Crippen LogP contribution in [0.1, 0.15) is 15.9 Å². The largest absolute Gasteiger partial charge is 0.478 e. The van der Waals surface area contributed by atoms with Crippen molar-refractivity contribution in [3.63, 3.8) is 0 Å². The number of carbonyl (C=O) groups is 2. The van der Waals surface area contributed by atoms with E-state index >= 15 is 0 Å². The maximum atomic E-state index is 12.8. The zero-order valence-electron chi connectivity index (χ0n) is 20.7. The summed E-state index contributed by atoms with van der Waals surface area (Å²) in [5, 5.41) is 21.7. The molecule has 0 saturated carbocycles. The molecule has 0 heterocycles. The summed E-state index contributed by atoms with van der Waals surface area (Å²) in [7, 11) is -0.0757. The second-order valence-electron chi connectivity index (χ2n) is 8.44. The van der Waals surface area contributed by atoms with Crippen molar-refractivity contribution >= 4 is 44.5 Å². The number of hydrogen-bond donors (Lipinski definition) is 3. The van der Waals surface area contributed by atoms with Crippen LogP contribution in [-0.4, -0.2) is 51.5 Å². The van der Waals surface area contributed by atoms with Crippen molar-refractivity contribution < 1.29 is 36.3 Å². The average Bonchev–Trinajstić information content (AvgIpc) is 2.89. The third-order valence-corrected chi connectivity index (χ3v) is 6.77. The van der Waals surface area contributed by atoms with Crippen molar-refractivity contribution in [3.8, 4) is 0 Å². The molecule has 3 rings (SSSR count). The Kier molecular flexibility index (Phi) is 8.91. The molecule has 0 atom stereocenters. The number of carboxylic acid groups (broad SMARTS) is 1. The summed E-state index contributed by atoms with van der Waals surface area (Å²) in [6.45, 7) is -0.614. The third kappa shape index (κ3) is 8.26. The van der Waals surface area contributed by atoms with Gasteiger partial charge in [0.1, 0.15) is 5.88 Å². The van der Waals surface area contributed by atoms with E-state index in [1.807, 2.05) is 31.1 Å². The van der Waals surface area contributed by atoms with Crippen molar-refractivity contribution in [2.75, 3.05) is 30.2 Å². The smallest absolute Gasteiger partial charge is 0.471 e. The van der Waals surface area contributed by atoms with Gasteiger partial charge in [0, 0.05) is 32.0 Å². The summed E-state index contributed by atoms with van der Waals surface area (Å²) < 4.78 is 62.9. The molecule has 3 aromatic rings. The highest BCUT2D eigenvalue weighted by Crippen LogP contribution is 2.24. The van der Waals surface area contributed by atoms with Gasteiger partial charge < -0.3 is 20.6 Å². The molecule has 1 amide bonds. The number of hydrogen-bond acceptors (Lipinski definition) is 8. The molecule has 14 heteroatoms. The fourth-order valence-corrected chi connectivity index (χ4v) is 4.29. The number of benzene rings is 3. The molecule has 0 aliphatic rings. The number of azo groups is 1. The molecule has 206 valence electrons. The number of nitrogens with one attached hydrogen (secondary N) is 2. The van der Waals surface area contributed by atoms with Gasteiger partial charge in [0.15, 0.2) is 9.84 Å². The summed E-state index contributed by atoms with van der Waals surface area (Å²) >= 11 is 0. The monoisotopic (exact) mass is 563 g/mol. The Morgan fingerprint density at radius 1 is 0.923 bits per heavy atom. The highest BCUT2D eigenvalue weighted by Gasteiger charge is 2.38. The van der Waals surface area contributed by atoms with Gasteiger partial charge in [-0.1, -0.05) is 0 Å². The normalized spacial score (nSPS) is 11.8. The molecule has 0 spiro atoms. The summed E-state index contributed by atoms with van der Waals surface area (Å²) in [6, 6.07) is 16.4. The molecule has 39 heavy (non-hydrogen) atoms. The minimum atomic E-state index is -5.10. The van der Waals surface area contributed by atoms with E-state index in [9.17, 15) is 36.3 Å². The van der Waals surface area contributed by atoms with Gasteiger partial charge in [-0.2, -0.15) is 23.4 Å². The lowest BCUT2D eigenvalue weighted by molar-refractivity contribution is -0.173. The van der Waals surface area contributed by atoms with Crippen LogP contribution in [0.2, 0.25) is 0 Å². The van der Waals surface area contributed by atoms with E-state index in [4.69, 9.17) is 0 Å². The highest BCUT2D eigenvalue weighted by molar-refractivity contribution is 7.91. The van der Waals surface area contributed by atoms with Gasteiger partial charge in [-0.05, 0) is 72.3 Å². The predicted octanol–water partition coefficient (Wildman–Crippen LogP) is 4.89. The molecular weight excluding hydrogens is 539 g/mol. The van der Waals surface area contributed by atoms with Crippen molar-refractivity contribution in [1.29, 1.82) is 0 Å². The van der Waals surface area contributed by atoms with E-state index < -0.39 is 40.3 Å². The summed E-state index contributed by atoms with van der Waals surface area (Å²) in [6.07, 6.45) is -5.10. The minimum absolute atomic E-state index is 0.0264. The van der Waals surface area contributed by atoms with Crippen LogP contribution in [0.15, 0.2) is 81.9 Å². The van der Waals surface area contributed by atoms with Gasteiger partial charge >= 0.3 is 18.1 Å². The number of aromatic carboxylic acids is 1. The van der Waals surface area contributed by atoms with Crippen LogP contribution in [0.4, 0.5) is 35.9 Å². The Balaban J connectivity index is 1.68. The Morgan fingerprint density at radius 3 is 2.00 bits per heavy atom. The van der Waals surface area contributed by atoms with Crippen LogP contribution in [-0.2, 0) is 21.2 Å². The van der Waals surface area contributed by atoms with Crippen molar-refractivity contribution in [3.05, 3.63) is 77.9 Å². The molecule has 3 N–H and O–H groups in total. The predicted molar refractivity (Wildman–Crippen MR) is 138 cm³/mol. The first-order valence-corrected chi connectivity index (χ1v) is 12.9. The second kappa shape index (κ2) is 11.9. The van der Waals surface area contributed by atoms with E-state index in [2.05, 4.69) is 15.5 Å². The maximum Gasteiger partial charge on any atom is 0.471 e. The Bertz CT molecular complexity index is 1470. The van der Waals surface area contributed by atoms with Gasteiger partial charge in [-0.3, -0.25) is 4.79 Å². The number of amides is 1. The lowest BCUT2D eigenvalue weighted by Crippen LogP contribution is -2.36. The van der Waals surface area contributed by atoms with Gasteiger partial charge in [-0.25, -0.2) is 13.2 Å². The van der Waals surface area contributed by atoms with Gasteiger partial charge in [-0.15, -0.1) is 0 Å². The standard InChI is InChI=1S/C25H24F3N5O5S/c1-33(2)21-7-3-18(4-8-21)31-32-19-5-9-22(10-6-19)39(37,38)15-30-20-12-16(11-17(13-20)23(34)35)14-29-24(36)25(26,27)28/h3-13,30H,14-15H2,1-2H3,(H,29,36)(H,34,35)/b32-31+. The molecule has 0 saturated heterocycles. The molecule has 10 nitrogen and oxygen atoms in total. The molecule has 0 fully saturated rings.